The molecule has 1 unspecified atom stereocenters. The number of halogens is 1. The lowest BCUT2D eigenvalue weighted by Crippen LogP contribution is -2.47. The van der Waals surface area contributed by atoms with Crippen molar-refractivity contribution in [3.8, 4) is 5.75 Å². The molecule has 0 radical (unpaired) electrons. The van der Waals surface area contributed by atoms with E-state index in [-0.39, 0.29) is 24.0 Å². The highest BCUT2D eigenvalue weighted by Gasteiger charge is 2.23. The van der Waals surface area contributed by atoms with Gasteiger partial charge in [0.25, 0.3) is 0 Å². The van der Waals surface area contributed by atoms with Crippen molar-refractivity contribution in [1.82, 2.24) is 25.4 Å². The molecule has 0 saturated carbocycles. The van der Waals surface area contributed by atoms with Crippen molar-refractivity contribution in [2.75, 3.05) is 19.7 Å². The van der Waals surface area contributed by atoms with E-state index in [0.717, 1.165) is 49.3 Å². The smallest absolute Gasteiger partial charge is 0.191 e. The number of hydrogen-bond acceptors (Lipinski definition) is 4. The summed E-state index contributed by atoms with van der Waals surface area (Å²) < 4.78 is 8.05. The Morgan fingerprint density at radius 2 is 2.00 bits per heavy atom. The molecule has 3 rings (SSSR count). The Kier molecular flexibility index (Phi) is 10.1. The molecule has 0 amide bonds. The molecular formula is C23H37IN6O. The lowest BCUT2D eigenvalue weighted by atomic mass is 10.0. The van der Waals surface area contributed by atoms with Crippen LogP contribution < -0.4 is 15.4 Å². The molecule has 0 aliphatic carbocycles. The summed E-state index contributed by atoms with van der Waals surface area (Å²) in [5, 5.41) is 11.6. The van der Waals surface area contributed by atoms with Crippen LogP contribution in [0.2, 0.25) is 0 Å². The van der Waals surface area contributed by atoms with Gasteiger partial charge >= 0.3 is 0 Å². The van der Waals surface area contributed by atoms with Crippen LogP contribution in [-0.4, -0.2) is 46.5 Å². The Bertz CT molecular complexity index is 848. The first-order chi connectivity index (χ1) is 14.5. The van der Waals surface area contributed by atoms with E-state index in [1.165, 1.54) is 5.56 Å². The molecule has 8 heteroatoms. The van der Waals surface area contributed by atoms with Crippen molar-refractivity contribution in [2.24, 2.45) is 4.99 Å². The van der Waals surface area contributed by atoms with Gasteiger partial charge in [-0.2, -0.15) is 5.10 Å². The third kappa shape index (κ3) is 7.08. The maximum absolute atomic E-state index is 6.00. The van der Waals surface area contributed by atoms with Crippen LogP contribution in [0.3, 0.4) is 0 Å². The van der Waals surface area contributed by atoms with Gasteiger partial charge in [-0.05, 0) is 30.9 Å². The van der Waals surface area contributed by atoms with Crippen LogP contribution in [0.25, 0.3) is 0 Å². The van der Waals surface area contributed by atoms with Crippen LogP contribution in [0.5, 0.6) is 5.75 Å². The Morgan fingerprint density at radius 1 is 1.23 bits per heavy atom. The van der Waals surface area contributed by atoms with E-state index in [2.05, 4.69) is 67.5 Å². The number of fused-ring (bicyclic) bond motifs is 1. The summed E-state index contributed by atoms with van der Waals surface area (Å²) in [6, 6.07) is 8.52. The second-order valence-electron chi connectivity index (χ2n) is 8.40. The van der Waals surface area contributed by atoms with Gasteiger partial charge in [0.15, 0.2) is 11.8 Å². The van der Waals surface area contributed by atoms with E-state index >= 15 is 0 Å². The van der Waals surface area contributed by atoms with E-state index < -0.39 is 0 Å². The van der Waals surface area contributed by atoms with Crippen molar-refractivity contribution in [3.63, 3.8) is 0 Å². The average Bonchev–Trinajstić information content (AvgIpc) is 3.15. The van der Waals surface area contributed by atoms with Gasteiger partial charge in [-0.25, -0.2) is 14.7 Å². The zero-order valence-corrected chi connectivity index (χ0v) is 21.7. The fourth-order valence-corrected chi connectivity index (χ4v) is 3.61. The molecule has 0 bridgehead atoms. The second-order valence-corrected chi connectivity index (χ2v) is 8.40. The average molecular weight is 540 g/mol. The molecule has 2 heterocycles. The van der Waals surface area contributed by atoms with E-state index in [0.29, 0.717) is 31.0 Å². The van der Waals surface area contributed by atoms with Crippen molar-refractivity contribution in [2.45, 2.75) is 71.9 Å². The van der Waals surface area contributed by atoms with Crippen LogP contribution in [0, 0.1) is 0 Å². The molecule has 1 aliphatic rings. The van der Waals surface area contributed by atoms with Gasteiger partial charge in [-0.1, -0.05) is 45.9 Å². The van der Waals surface area contributed by atoms with E-state index in [1.54, 1.807) is 0 Å². The zero-order valence-electron chi connectivity index (χ0n) is 19.4. The molecule has 0 fully saturated rings. The first kappa shape index (κ1) is 25.4. The third-order valence-corrected chi connectivity index (χ3v) is 5.24. The highest BCUT2D eigenvalue weighted by Crippen LogP contribution is 2.25. The van der Waals surface area contributed by atoms with Gasteiger partial charge in [0.2, 0.25) is 0 Å². The van der Waals surface area contributed by atoms with Crippen LogP contribution in [0.15, 0.2) is 29.3 Å². The van der Waals surface area contributed by atoms with E-state index in [1.807, 2.05) is 16.8 Å². The van der Waals surface area contributed by atoms with Gasteiger partial charge in [-0.15, -0.1) is 24.0 Å². The predicted octanol–water partition coefficient (Wildman–Crippen LogP) is 4.09. The first-order valence-electron chi connectivity index (χ1n) is 11.2. The minimum absolute atomic E-state index is 0. The Balaban J connectivity index is 0.00000341. The Labute approximate surface area is 203 Å². The number of aryl methyl sites for hydroxylation is 1. The van der Waals surface area contributed by atoms with E-state index in [4.69, 9.17) is 9.73 Å². The quantitative estimate of drug-likeness (QED) is 0.228. The van der Waals surface area contributed by atoms with Crippen molar-refractivity contribution in [3.05, 3.63) is 41.5 Å². The minimum Gasteiger partial charge on any atom is -0.491 e. The molecule has 0 saturated heterocycles. The Morgan fingerprint density at radius 3 is 2.71 bits per heavy atom. The van der Waals surface area contributed by atoms with Crippen LogP contribution in [0.4, 0.5) is 0 Å². The third-order valence-electron chi connectivity index (χ3n) is 5.24. The number of para-hydroxylation sites is 1. The number of aliphatic imine (C=N–C) groups is 1. The molecule has 172 valence electrons. The van der Waals surface area contributed by atoms with Crippen molar-refractivity contribution in [1.29, 1.82) is 0 Å². The molecule has 1 atom stereocenters. The highest BCUT2D eigenvalue weighted by molar-refractivity contribution is 14.0. The molecule has 0 spiro atoms. The largest absolute Gasteiger partial charge is 0.491 e. The SMILES string of the molecule is CCNC(=NCCOc1ccccc1C(C)C)NC1CCc2nc(C(C)C)nn2C1.I. The van der Waals surface area contributed by atoms with Crippen molar-refractivity contribution < 1.29 is 4.74 Å². The lowest BCUT2D eigenvalue weighted by molar-refractivity contribution is 0.323. The van der Waals surface area contributed by atoms with Gasteiger partial charge in [0, 0.05) is 24.9 Å². The number of guanidine groups is 1. The fourth-order valence-electron chi connectivity index (χ4n) is 3.61. The zero-order chi connectivity index (χ0) is 21.5. The summed E-state index contributed by atoms with van der Waals surface area (Å²) in [4.78, 5) is 9.38. The van der Waals surface area contributed by atoms with E-state index in [9.17, 15) is 0 Å². The molecule has 1 aromatic carbocycles. The van der Waals surface area contributed by atoms with Gasteiger partial charge < -0.3 is 15.4 Å². The highest BCUT2D eigenvalue weighted by atomic mass is 127. The molecular weight excluding hydrogens is 503 g/mol. The number of ether oxygens (including phenoxy) is 1. The molecule has 31 heavy (non-hydrogen) atoms. The summed E-state index contributed by atoms with van der Waals surface area (Å²) in [6.45, 7) is 13.5. The van der Waals surface area contributed by atoms with Crippen LogP contribution >= 0.6 is 24.0 Å². The number of rotatable bonds is 8. The summed E-state index contributed by atoms with van der Waals surface area (Å²) in [6.07, 6.45) is 1.96. The molecule has 2 aromatic rings. The monoisotopic (exact) mass is 540 g/mol. The number of aromatic nitrogens is 3. The normalized spacial score (nSPS) is 16.1. The van der Waals surface area contributed by atoms with Crippen molar-refractivity contribution >= 4 is 29.9 Å². The number of hydrogen-bond donors (Lipinski definition) is 2. The van der Waals surface area contributed by atoms with Gasteiger partial charge in [-0.3, -0.25) is 0 Å². The van der Waals surface area contributed by atoms with Gasteiger partial charge in [0.1, 0.15) is 18.2 Å². The molecule has 2 N–H and O–H groups in total. The second kappa shape index (κ2) is 12.3. The maximum Gasteiger partial charge on any atom is 0.191 e. The van der Waals surface area contributed by atoms with Crippen LogP contribution in [0.1, 0.15) is 70.1 Å². The predicted molar refractivity (Wildman–Crippen MR) is 137 cm³/mol. The summed E-state index contributed by atoms with van der Waals surface area (Å²) in [5.74, 6) is 4.60. The standard InChI is InChI=1S/C23H36N6O.HI/c1-6-24-23(25-13-14-30-20-10-8-7-9-19(20)16(2)3)26-18-11-12-21-27-22(17(4)5)28-29(21)15-18;/h7-10,16-18H,6,11-15H2,1-5H3,(H2,24,25,26);1H. The topological polar surface area (TPSA) is 76.4 Å². The first-order valence-corrected chi connectivity index (χ1v) is 11.2. The van der Waals surface area contributed by atoms with Crippen LogP contribution in [-0.2, 0) is 13.0 Å². The summed E-state index contributed by atoms with van der Waals surface area (Å²) in [5.41, 5.74) is 1.23. The number of nitrogens with zero attached hydrogens (tertiary/aromatic N) is 4. The van der Waals surface area contributed by atoms with Gasteiger partial charge in [0.05, 0.1) is 13.1 Å². The Hall–Kier alpha value is -1.84. The maximum atomic E-state index is 6.00. The molecule has 7 nitrogen and oxygen atoms in total. The summed E-state index contributed by atoms with van der Waals surface area (Å²) in [7, 11) is 0. The lowest BCUT2D eigenvalue weighted by Gasteiger charge is -2.25. The molecule has 1 aromatic heterocycles. The molecule has 1 aliphatic heterocycles. The number of benzene rings is 1. The minimum atomic E-state index is 0. The summed E-state index contributed by atoms with van der Waals surface area (Å²) >= 11 is 0. The fraction of sp³-hybridized carbons (Fsp3) is 0.609. The number of nitrogens with one attached hydrogen (secondary N) is 2.